The van der Waals surface area contributed by atoms with Crippen LogP contribution in [0, 0.1) is 0 Å². The molecule has 11 aromatic rings. The van der Waals surface area contributed by atoms with Crippen LogP contribution in [0.2, 0.25) is 0 Å². The second-order valence-electron chi connectivity index (χ2n) is 15.7. The minimum Gasteiger partial charge on any atom is -0.455 e. The molecule has 1 aromatic heterocycles. The number of rotatable bonds is 9. The average molecular weight is 792 g/mol. The van der Waals surface area contributed by atoms with Crippen molar-refractivity contribution in [2.24, 2.45) is 0 Å². The van der Waals surface area contributed by atoms with Gasteiger partial charge in [-0.05, 0) is 110 Å². The molecular weight excluding hydrogens is 751 g/mol. The zero-order valence-electron chi connectivity index (χ0n) is 34.0. The Morgan fingerprint density at radius 2 is 0.613 bits per heavy atom. The minimum atomic E-state index is 0.893. The molecule has 2 heteroatoms. The topological polar surface area (TPSA) is 16.4 Å². The Balaban J connectivity index is 0.962. The third-order valence-corrected chi connectivity index (χ3v) is 11.9. The Bertz CT molecular complexity index is 3200. The molecule has 62 heavy (non-hydrogen) atoms. The lowest BCUT2D eigenvalue weighted by atomic mass is 9.94. The molecule has 11 rings (SSSR count). The van der Waals surface area contributed by atoms with Crippen molar-refractivity contribution in [2.75, 3.05) is 4.90 Å². The number of benzene rings is 10. The van der Waals surface area contributed by atoms with Gasteiger partial charge in [-0.3, -0.25) is 0 Å². The Labute approximate surface area is 362 Å². The molecule has 0 spiro atoms. The zero-order valence-corrected chi connectivity index (χ0v) is 34.0. The predicted molar refractivity (Wildman–Crippen MR) is 261 cm³/mol. The van der Waals surface area contributed by atoms with E-state index in [4.69, 9.17) is 4.42 Å². The molecule has 10 aromatic carbocycles. The van der Waals surface area contributed by atoms with E-state index in [1.54, 1.807) is 0 Å². The fraction of sp³-hybridized carbons (Fsp3) is 0. The summed E-state index contributed by atoms with van der Waals surface area (Å²) in [5.74, 6) is 0. The maximum atomic E-state index is 6.95. The summed E-state index contributed by atoms with van der Waals surface area (Å²) in [4.78, 5) is 2.33. The van der Waals surface area contributed by atoms with E-state index >= 15 is 0 Å². The first-order chi connectivity index (χ1) is 30.7. The molecule has 0 aliphatic carbocycles. The quantitative estimate of drug-likeness (QED) is 0.145. The number of furan rings is 1. The molecule has 0 aliphatic rings. The lowest BCUT2D eigenvalue weighted by Crippen LogP contribution is -2.09. The van der Waals surface area contributed by atoms with E-state index in [9.17, 15) is 0 Å². The highest BCUT2D eigenvalue weighted by Gasteiger charge is 2.19. The van der Waals surface area contributed by atoms with Gasteiger partial charge in [0.2, 0.25) is 0 Å². The summed E-state index contributed by atoms with van der Waals surface area (Å²) in [5.41, 5.74) is 18.9. The van der Waals surface area contributed by atoms with Crippen LogP contribution in [0.25, 0.3) is 88.7 Å². The number of nitrogens with zero attached hydrogens (tertiary/aromatic N) is 1. The first-order valence-corrected chi connectivity index (χ1v) is 21.2. The van der Waals surface area contributed by atoms with Crippen LogP contribution >= 0.6 is 0 Å². The standard InChI is InChI=1S/C60H41NO/c1-5-15-42(16-6-1)45-27-33-52(34-28-45)61(53-35-29-46(30-36-53)43-17-7-2-8-18-43)54-37-31-47(32-38-54)49-23-13-24-50(39-49)55-25-14-26-56-58-41-51(44-19-9-3-10-20-44)40-57(60(58)62-59(55)56)48-21-11-4-12-22-48/h1-41H. The second kappa shape index (κ2) is 16.1. The molecule has 0 fully saturated rings. The van der Waals surface area contributed by atoms with Gasteiger partial charge in [-0.25, -0.2) is 0 Å². The predicted octanol–water partition coefficient (Wildman–Crippen LogP) is 17.1. The van der Waals surface area contributed by atoms with E-state index in [2.05, 4.69) is 254 Å². The second-order valence-corrected chi connectivity index (χ2v) is 15.7. The fourth-order valence-electron chi connectivity index (χ4n) is 8.74. The third-order valence-electron chi connectivity index (χ3n) is 11.9. The van der Waals surface area contributed by atoms with Crippen LogP contribution in [0.5, 0.6) is 0 Å². The van der Waals surface area contributed by atoms with Crippen molar-refractivity contribution in [1.82, 2.24) is 0 Å². The summed E-state index contributed by atoms with van der Waals surface area (Å²) in [6.07, 6.45) is 0. The normalized spacial score (nSPS) is 11.2. The van der Waals surface area contributed by atoms with Crippen molar-refractivity contribution >= 4 is 39.0 Å². The van der Waals surface area contributed by atoms with Gasteiger partial charge in [0.05, 0.1) is 0 Å². The molecule has 0 amide bonds. The Morgan fingerprint density at radius 1 is 0.226 bits per heavy atom. The molecule has 0 N–H and O–H groups in total. The monoisotopic (exact) mass is 791 g/mol. The largest absolute Gasteiger partial charge is 0.455 e. The number of hydrogen-bond acceptors (Lipinski definition) is 2. The summed E-state index contributed by atoms with van der Waals surface area (Å²) in [7, 11) is 0. The molecule has 0 aliphatic heterocycles. The van der Waals surface area contributed by atoms with Crippen LogP contribution < -0.4 is 4.90 Å². The Morgan fingerprint density at radius 3 is 1.13 bits per heavy atom. The Hall–Kier alpha value is -8.20. The van der Waals surface area contributed by atoms with E-state index < -0.39 is 0 Å². The van der Waals surface area contributed by atoms with Crippen molar-refractivity contribution in [3.05, 3.63) is 249 Å². The molecule has 292 valence electrons. The molecule has 0 unspecified atom stereocenters. The summed E-state index contributed by atoms with van der Waals surface area (Å²) < 4.78 is 6.95. The maximum Gasteiger partial charge on any atom is 0.143 e. The lowest BCUT2D eigenvalue weighted by Gasteiger charge is -2.26. The van der Waals surface area contributed by atoms with Gasteiger partial charge in [0.15, 0.2) is 0 Å². The van der Waals surface area contributed by atoms with Gasteiger partial charge < -0.3 is 9.32 Å². The summed E-state index contributed by atoms with van der Waals surface area (Å²) >= 11 is 0. The van der Waals surface area contributed by atoms with E-state index in [0.29, 0.717) is 0 Å². The van der Waals surface area contributed by atoms with Gasteiger partial charge in [0.1, 0.15) is 11.2 Å². The molecule has 0 atom stereocenters. The van der Waals surface area contributed by atoms with Crippen LogP contribution in [-0.4, -0.2) is 0 Å². The van der Waals surface area contributed by atoms with E-state index in [0.717, 1.165) is 72.4 Å². The van der Waals surface area contributed by atoms with Crippen molar-refractivity contribution in [2.45, 2.75) is 0 Å². The van der Waals surface area contributed by atoms with Crippen molar-refractivity contribution in [3.63, 3.8) is 0 Å². The number of anilines is 3. The number of hydrogen-bond donors (Lipinski definition) is 0. The Kier molecular flexibility index (Phi) is 9.57. The molecule has 0 bridgehead atoms. The van der Waals surface area contributed by atoms with Gasteiger partial charge in [-0.15, -0.1) is 0 Å². The van der Waals surface area contributed by atoms with Gasteiger partial charge in [0.25, 0.3) is 0 Å². The molecular formula is C60H41NO. The van der Waals surface area contributed by atoms with Gasteiger partial charge in [-0.2, -0.15) is 0 Å². The van der Waals surface area contributed by atoms with E-state index in [1.165, 1.54) is 33.4 Å². The molecule has 1 heterocycles. The molecule has 2 nitrogen and oxygen atoms in total. The van der Waals surface area contributed by atoms with Gasteiger partial charge in [-0.1, -0.05) is 194 Å². The number of para-hydroxylation sites is 1. The first kappa shape index (κ1) is 36.8. The van der Waals surface area contributed by atoms with E-state index in [1.807, 2.05) is 0 Å². The van der Waals surface area contributed by atoms with Crippen molar-refractivity contribution < 1.29 is 4.42 Å². The van der Waals surface area contributed by atoms with Crippen LogP contribution in [-0.2, 0) is 0 Å². The van der Waals surface area contributed by atoms with Crippen LogP contribution in [0.15, 0.2) is 253 Å². The average Bonchev–Trinajstić information content (AvgIpc) is 3.75. The minimum absolute atomic E-state index is 0.893. The fourth-order valence-corrected chi connectivity index (χ4v) is 8.74. The zero-order chi connectivity index (χ0) is 41.2. The maximum absolute atomic E-state index is 6.95. The summed E-state index contributed by atoms with van der Waals surface area (Å²) in [6.45, 7) is 0. The van der Waals surface area contributed by atoms with Crippen LogP contribution in [0.1, 0.15) is 0 Å². The van der Waals surface area contributed by atoms with Crippen molar-refractivity contribution in [3.8, 4) is 66.8 Å². The SMILES string of the molecule is c1ccc(-c2ccc(N(c3ccc(-c4ccccc4)cc3)c3ccc(-c4cccc(-c5cccc6c5oc5c(-c7ccccc7)cc(-c7ccccc7)cc56)c4)cc3)cc2)cc1. The van der Waals surface area contributed by atoms with Gasteiger partial charge >= 0.3 is 0 Å². The highest BCUT2D eigenvalue weighted by atomic mass is 16.3. The molecule has 0 saturated heterocycles. The van der Waals surface area contributed by atoms with Crippen LogP contribution in [0.3, 0.4) is 0 Å². The summed E-state index contributed by atoms with van der Waals surface area (Å²) in [6, 6.07) is 88.8. The smallest absolute Gasteiger partial charge is 0.143 e. The van der Waals surface area contributed by atoms with Gasteiger partial charge in [0, 0.05) is 39.0 Å². The molecule has 0 saturated carbocycles. The highest BCUT2D eigenvalue weighted by molar-refractivity contribution is 6.14. The van der Waals surface area contributed by atoms with E-state index in [-0.39, 0.29) is 0 Å². The van der Waals surface area contributed by atoms with Crippen LogP contribution in [0.4, 0.5) is 17.1 Å². The first-order valence-electron chi connectivity index (χ1n) is 21.2. The third kappa shape index (κ3) is 7.04. The lowest BCUT2D eigenvalue weighted by molar-refractivity contribution is 0.671. The van der Waals surface area contributed by atoms with Crippen molar-refractivity contribution in [1.29, 1.82) is 0 Å². The number of fused-ring (bicyclic) bond motifs is 3. The molecule has 0 radical (unpaired) electrons. The highest BCUT2D eigenvalue weighted by Crippen LogP contribution is 2.43. The summed E-state index contributed by atoms with van der Waals surface area (Å²) in [5, 5.41) is 2.22.